The highest BCUT2D eigenvalue weighted by Gasteiger charge is 2.40. The number of carbonyl (C=O) groups excluding carboxylic acids is 2. The number of hydrogen-bond acceptors (Lipinski definition) is 4. The number of amides is 2. The minimum absolute atomic E-state index is 0.0324. The summed E-state index contributed by atoms with van der Waals surface area (Å²) < 4.78 is 19.5. The summed E-state index contributed by atoms with van der Waals surface area (Å²) in [6, 6.07) is 1.38. The van der Waals surface area contributed by atoms with E-state index in [1.165, 1.54) is 6.07 Å². The van der Waals surface area contributed by atoms with Crippen molar-refractivity contribution >= 4 is 23.6 Å². The van der Waals surface area contributed by atoms with Gasteiger partial charge in [-0.05, 0) is 52.5 Å². The van der Waals surface area contributed by atoms with E-state index in [0.717, 1.165) is 19.0 Å². The number of ether oxygens (including phenoxy) is 1. The normalized spacial score (nSPS) is 18.3. The lowest BCUT2D eigenvalue weighted by molar-refractivity contribution is 0.0142. The zero-order valence-corrected chi connectivity index (χ0v) is 16.6. The standard InChI is InChI=1S/C19H25ClFN3O3/c1-19(2,3)27-18(26)23-8-6-13(7-9-23)24(12-4-5-12)17(25)14-10-16(20)22-11-15(14)21/h10-13H,4-9H2,1-3H3. The Bertz CT molecular complexity index is 725. The van der Waals surface area contributed by atoms with Crippen LogP contribution in [0, 0.1) is 5.82 Å². The third kappa shape index (κ3) is 4.89. The molecule has 0 unspecified atom stereocenters. The van der Waals surface area contributed by atoms with Gasteiger partial charge in [0.15, 0.2) is 5.82 Å². The van der Waals surface area contributed by atoms with E-state index in [-0.39, 0.29) is 34.8 Å². The topological polar surface area (TPSA) is 62.7 Å². The predicted octanol–water partition coefficient (Wildman–Crippen LogP) is 3.88. The van der Waals surface area contributed by atoms with Crippen LogP contribution in [0.5, 0.6) is 0 Å². The fourth-order valence-electron chi connectivity index (χ4n) is 3.35. The van der Waals surface area contributed by atoms with E-state index in [2.05, 4.69) is 4.98 Å². The van der Waals surface area contributed by atoms with Gasteiger partial charge in [0, 0.05) is 25.2 Å². The third-order valence-corrected chi connectivity index (χ3v) is 4.94. The first kappa shape index (κ1) is 19.9. The molecule has 2 heterocycles. The van der Waals surface area contributed by atoms with Crippen molar-refractivity contribution in [2.45, 2.75) is 64.1 Å². The van der Waals surface area contributed by atoms with Gasteiger partial charge < -0.3 is 14.5 Å². The van der Waals surface area contributed by atoms with Gasteiger partial charge in [-0.2, -0.15) is 0 Å². The van der Waals surface area contributed by atoms with Gasteiger partial charge in [-0.25, -0.2) is 14.2 Å². The van der Waals surface area contributed by atoms with Crippen LogP contribution in [0.4, 0.5) is 9.18 Å². The van der Waals surface area contributed by atoms with Crippen molar-refractivity contribution in [3.63, 3.8) is 0 Å². The Labute approximate surface area is 163 Å². The van der Waals surface area contributed by atoms with Crippen LogP contribution in [0.15, 0.2) is 12.3 Å². The number of piperidine rings is 1. The highest BCUT2D eigenvalue weighted by Crippen LogP contribution is 2.34. The lowest BCUT2D eigenvalue weighted by atomic mass is 10.0. The Morgan fingerprint density at radius 3 is 2.37 bits per heavy atom. The molecule has 1 aromatic heterocycles. The van der Waals surface area contributed by atoms with Gasteiger partial charge in [0.25, 0.3) is 5.91 Å². The van der Waals surface area contributed by atoms with Gasteiger partial charge in [-0.15, -0.1) is 0 Å². The average Bonchev–Trinajstić information content (AvgIpc) is 3.41. The Balaban J connectivity index is 1.68. The summed E-state index contributed by atoms with van der Waals surface area (Å²) in [6.07, 6.45) is 3.75. The summed E-state index contributed by atoms with van der Waals surface area (Å²) in [5, 5.41) is 0.0928. The summed E-state index contributed by atoms with van der Waals surface area (Å²) >= 11 is 5.85. The molecule has 0 N–H and O–H groups in total. The predicted molar refractivity (Wildman–Crippen MR) is 99.2 cm³/mol. The molecule has 6 nitrogen and oxygen atoms in total. The van der Waals surface area contributed by atoms with Crippen LogP contribution in [0.1, 0.15) is 56.8 Å². The molecule has 0 bridgehead atoms. The van der Waals surface area contributed by atoms with Crippen molar-refractivity contribution in [2.75, 3.05) is 13.1 Å². The molecular weight excluding hydrogens is 373 g/mol. The van der Waals surface area contributed by atoms with Crippen LogP contribution >= 0.6 is 11.6 Å². The Hall–Kier alpha value is -1.89. The average molecular weight is 398 g/mol. The number of rotatable bonds is 3. The van der Waals surface area contributed by atoms with Crippen molar-refractivity contribution in [1.29, 1.82) is 0 Å². The lowest BCUT2D eigenvalue weighted by Crippen LogP contribution is -2.50. The molecule has 1 aromatic rings. The number of carbonyl (C=O) groups is 2. The molecule has 0 atom stereocenters. The van der Waals surface area contributed by atoms with Crippen molar-refractivity contribution in [2.24, 2.45) is 0 Å². The van der Waals surface area contributed by atoms with Gasteiger partial charge >= 0.3 is 6.09 Å². The Morgan fingerprint density at radius 2 is 1.81 bits per heavy atom. The van der Waals surface area contributed by atoms with Gasteiger partial charge in [-0.3, -0.25) is 4.79 Å². The molecule has 3 rings (SSSR count). The van der Waals surface area contributed by atoms with Crippen LogP contribution in [-0.4, -0.2) is 57.6 Å². The quantitative estimate of drug-likeness (QED) is 0.726. The largest absolute Gasteiger partial charge is 0.444 e. The molecule has 0 spiro atoms. The summed E-state index contributed by atoms with van der Waals surface area (Å²) in [6.45, 7) is 6.52. The number of halogens is 2. The first-order valence-corrected chi connectivity index (χ1v) is 9.65. The highest BCUT2D eigenvalue weighted by atomic mass is 35.5. The second kappa shape index (κ2) is 7.62. The van der Waals surface area contributed by atoms with Gasteiger partial charge in [0.1, 0.15) is 10.8 Å². The minimum Gasteiger partial charge on any atom is -0.444 e. The Morgan fingerprint density at radius 1 is 1.22 bits per heavy atom. The first-order valence-electron chi connectivity index (χ1n) is 9.27. The molecule has 2 aliphatic rings. The minimum atomic E-state index is -0.666. The first-order chi connectivity index (χ1) is 12.7. The molecule has 2 fully saturated rings. The number of hydrogen-bond donors (Lipinski definition) is 0. The summed E-state index contributed by atoms with van der Waals surface area (Å²) in [5.74, 6) is -1.02. The third-order valence-electron chi connectivity index (χ3n) is 4.74. The molecule has 0 radical (unpaired) electrons. The number of nitrogens with zero attached hydrogens (tertiary/aromatic N) is 3. The number of pyridine rings is 1. The maximum absolute atomic E-state index is 14.1. The molecule has 0 aromatic carbocycles. The molecule has 1 saturated carbocycles. The zero-order valence-electron chi connectivity index (χ0n) is 15.9. The number of likely N-dealkylation sites (tertiary alicyclic amines) is 1. The van der Waals surface area contributed by atoms with Crippen molar-refractivity contribution in [1.82, 2.24) is 14.8 Å². The van der Waals surface area contributed by atoms with E-state index in [1.807, 2.05) is 20.8 Å². The molecule has 2 amide bonds. The van der Waals surface area contributed by atoms with Crippen LogP contribution in [0.2, 0.25) is 5.15 Å². The van der Waals surface area contributed by atoms with Gasteiger partial charge in [-0.1, -0.05) is 11.6 Å². The van der Waals surface area contributed by atoms with Crippen LogP contribution in [0.25, 0.3) is 0 Å². The SMILES string of the molecule is CC(C)(C)OC(=O)N1CCC(N(C(=O)c2cc(Cl)ncc2F)C2CC2)CC1. The summed E-state index contributed by atoms with van der Waals surface area (Å²) in [7, 11) is 0. The second-order valence-electron chi connectivity index (χ2n) is 8.13. The molecule has 27 heavy (non-hydrogen) atoms. The summed E-state index contributed by atoms with van der Waals surface area (Å²) in [5.41, 5.74) is -0.585. The fourth-order valence-corrected chi connectivity index (χ4v) is 3.51. The molecule has 1 aliphatic heterocycles. The van der Waals surface area contributed by atoms with Crippen LogP contribution in [0.3, 0.4) is 0 Å². The molecule has 1 aliphatic carbocycles. The van der Waals surface area contributed by atoms with E-state index in [9.17, 15) is 14.0 Å². The molecule has 1 saturated heterocycles. The zero-order chi connectivity index (χ0) is 19.8. The van der Waals surface area contributed by atoms with Crippen LogP contribution in [-0.2, 0) is 4.74 Å². The second-order valence-corrected chi connectivity index (χ2v) is 8.52. The molecular formula is C19H25ClFN3O3. The lowest BCUT2D eigenvalue weighted by Gasteiger charge is -2.39. The summed E-state index contributed by atoms with van der Waals surface area (Å²) in [4.78, 5) is 32.3. The maximum Gasteiger partial charge on any atom is 0.410 e. The molecule has 148 valence electrons. The molecule has 8 heteroatoms. The van der Waals surface area contributed by atoms with Gasteiger partial charge in [0.05, 0.1) is 11.8 Å². The van der Waals surface area contributed by atoms with E-state index < -0.39 is 11.4 Å². The Kier molecular flexibility index (Phi) is 5.60. The fraction of sp³-hybridized carbons (Fsp3) is 0.632. The highest BCUT2D eigenvalue weighted by molar-refractivity contribution is 6.29. The monoisotopic (exact) mass is 397 g/mol. The van der Waals surface area contributed by atoms with Gasteiger partial charge in [0.2, 0.25) is 0 Å². The van der Waals surface area contributed by atoms with E-state index >= 15 is 0 Å². The van der Waals surface area contributed by atoms with Crippen molar-refractivity contribution in [3.8, 4) is 0 Å². The van der Waals surface area contributed by atoms with Crippen molar-refractivity contribution < 1.29 is 18.7 Å². The van der Waals surface area contributed by atoms with Crippen molar-refractivity contribution in [3.05, 3.63) is 28.8 Å². The maximum atomic E-state index is 14.1. The number of aromatic nitrogens is 1. The van der Waals surface area contributed by atoms with E-state index in [4.69, 9.17) is 16.3 Å². The smallest absolute Gasteiger partial charge is 0.410 e. The van der Waals surface area contributed by atoms with E-state index in [0.29, 0.717) is 25.9 Å². The van der Waals surface area contributed by atoms with Crippen LogP contribution < -0.4 is 0 Å². The van der Waals surface area contributed by atoms with E-state index in [1.54, 1.807) is 9.80 Å².